The zero-order valence-corrected chi connectivity index (χ0v) is 11.6. The molecule has 3 N–H and O–H groups in total. The second kappa shape index (κ2) is 5.07. The van der Waals surface area contributed by atoms with Crippen LogP contribution in [0.25, 0.3) is 10.2 Å². The van der Waals surface area contributed by atoms with Gasteiger partial charge in [-0.25, -0.2) is 4.98 Å². The van der Waals surface area contributed by atoms with Crippen LogP contribution < -0.4 is 10.6 Å². The minimum absolute atomic E-state index is 0.0635. The number of nitrogens with one attached hydrogen (secondary N) is 2. The summed E-state index contributed by atoms with van der Waals surface area (Å²) in [5.74, 6) is 1.35. The van der Waals surface area contributed by atoms with E-state index in [0.717, 1.165) is 22.5 Å². The summed E-state index contributed by atoms with van der Waals surface area (Å²) in [5, 5.41) is 18.7. The zero-order valence-electron chi connectivity index (χ0n) is 10.8. The van der Waals surface area contributed by atoms with E-state index in [0.29, 0.717) is 5.95 Å². The molecule has 2 heterocycles. The summed E-state index contributed by atoms with van der Waals surface area (Å²) >= 11 is 1.58. The quantitative estimate of drug-likeness (QED) is 0.774. The van der Waals surface area contributed by atoms with E-state index in [1.807, 2.05) is 25.3 Å². The van der Waals surface area contributed by atoms with Crippen LogP contribution in [0.4, 0.5) is 11.8 Å². The van der Waals surface area contributed by atoms with Gasteiger partial charge in [-0.1, -0.05) is 6.92 Å². The van der Waals surface area contributed by atoms with Crippen molar-refractivity contribution in [1.82, 2.24) is 9.97 Å². The van der Waals surface area contributed by atoms with Crippen LogP contribution in [0.3, 0.4) is 0 Å². The van der Waals surface area contributed by atoms with Crippen LogP contribution in [0.15, 0.2) is 11.4 Å². The standard InChI is InChI=1S/C12H18N4OS/c1-4-12(2,7-17)16-9-8-5-6-18-10(8)15-11(13-3)14-9/h5-6,17H,4,7H2,1-3H3,(H2,13,14,15,16). The highest BCUT2D eigenvalue weighted by atomic mass is 32.1. The largest absolute Gasteiger partial charge is 0.394 e. The number of fused-ring (bicyclic) bond motifs is 1. The van der Waals surface area contributed by atoms with Crippen molar-refractivity contribution >= 4 is 33.3 Å². The number of hydrogen-bond donors (Lipinski definition) is 3. The molecule has 2 aromatic rings. The molecule has 1 atom stereocenters. The van der Waals surface area contributed by atoms with Crippen molar-refractivity contribution in [2.45, 2.75) is 25.8 Å². The first-order valence-corrected chi connectivity index (χ1v) is 6.82. The Balaban J connectivity index is 2.45. The highest BCUT2D eigenvalue weighted by Crippen LogP contribution is 2.28. The van der Waals surface area contributed by atoms with Crippen LogP contribution in [-0.2, 0) is 0 Å². The number of nitrogens with zero attached hydrogens (tertiary/aromatic N) is 2. The summed E-state index contributed by atoms with van der Waals surface area (Å²) in [6.45, 7) is 4.08. The fraction of sp³-hybridized carbons (Fsp3) is 0.500. The molecule has 5 nitrogen and oxygen atoms in total. The maximum Gasteiger partial charge on any atom is 0.225 e. The van der Waals surface area contributed by atoms with Crippen molar-refractivity contribution in [2.24, 2.45) is 0 Å². The van der Waals surface area contributed by atoms with E-state index in [1.165, 1.54) is 0 Å². The second-order valence-corrected chi connectivity index (χ2v) is 5.38. The van der Waals surface area contributed by atoms with Gasteiger partial charge in [-0.3, -0.25) is 0 Å². The van der Waals surface area contributed by atoms with E-state index in [-0.39, 0.29) is 12.1 Å². The summed E-state index contributed by atoms with van der Waals surface area (Å²) in [6.07, 6.45) is 0.814. The van der Waals surface area contributed by atoms with Gasteiger partial charge in [0.05, 0.1) is 17.5 Å². The predicted molar refractivity (Wildman–Crippen MR) is 76.4 cm³/mol. The minimum Gasteiger partial charge on any atom is -0.394 e. The lowest BCUT2D eigenvalue weighted by Crippen LogP contribution is -2.38. The van der Waals surface area contributed by atoms with Gasteiger partial charge in [-0.15, -0.1) is 11.3 Å². The van der Waals surface area contributed by atoms with E-state index in [1.54, 1.807) is 18.4 Å². The number of aliphatic hydroxyl groups excluding tert-OH is 1. The Morgan fingerprint density at radius 1 is 1.44 bits per heavy atom. The van der Waals surface area contributed by atoms with E-state index in [4.69, 9.17) is 0 Å². The molecule has 0 amide bonds. The maximum atomic E-state index is 9.48. The van der Waals surface area contributed by atoms with Crippen LogP contribution in [0, 0.1) is 0 Å². The van der Waals surface area contributed by atoms with Gasteiger partial charge < -0.3 is 15.7 Å². The number of aromatic nitrogens is 2. The number of thiophene rings is 1. The molecule has 0 aromatic carbocycles. The monoisotopic (exact) mass is 266 g/mol. The van der Waals surface area contributed by atoms with Gasteiger partial charge in [0.15, 0.2) is 0 Å². The molecule has 0 bridgehead atoms. The molecule has 0 spiro atoms. The fourth-order valence-corrected chi connectivity index (χ4v) is 2.35. The number of hydrogen-bond acceptors (Lipinski definition) is 6. The molecular weight excluding hydrogens is 248 g/mol. The van der Waals surface area contributed by atoms with Crippen LogP contribution in [-0.4, -0.2) is 34.3 Å². The molecule has 0 aliphatic carbocycles. The van der Waals surface area contributed by atoms with Crippen molar-refractivity contribution in [1.29, 1.82) is 0 Å². The van der Waals surface area contributed by atoms with Crippen LogP contribution in [0.1, 0.15) is 20.3 Å². The van der Waals surface area contributed by atoms with Crippen molar-refractivity contribution in [3.05, 3.63) is 11.4 Å². The highest BCUT2D eigenvalue weighted by Gasteiger charge is 2.22. The Morgan fingerprint density at radius 3 is 2.83 bits per heavy atom. The molecule has 0 aliphatic rings. The third-order valence-corrected chi connectivity index (χ3v) is 3.90. The molecule has 0 radical (unpaired) electrons. The summed E-state index contributed by atoms with van der Waals surface area (Å²) in [4.78, 5) is 9.76. The van der Waals surface area contributed by atoms with E-state index >= 15 is 0 Å². The number of rotatable bonds is 5. The smallest absolute Gasteiger partial charge is 0.225 e. The Morgan fingerprint density at radius 2 is 2.22 bits per heavy atom. The van der Waals surface area contributed by atoms with Gasteiger partial charge in [0.25, 0.3) is 0 Å². The maximum absolute atomic E-state index is 9.48. The molecule has 0 fully saturated rings. The minimum atomic E-state index is -0.367. The average molecular weight is 266 g/mol. The lowest BCUT2D eigenvalue weighted by Gasteiger charge is -2.28. The Kier molecular flexibility index (Phi) is 3.68. The Labute approximate surface area is 110 Å². The fourth-order valence-electron chi connectivity index (χ4n) is 1.59. The molecule has 18 heavy (non-hydrogen) atoms. The second-order valence-electron chi connectivity index (χ2n) is 4.48. The lowest BCUT2D eigenvalue weighted by atomic mass is 10.0. The van der Waals surface area contributed by atoms with E-state index in [2.05, 4.69) is 20.6 Å². The van der Waals surface area contributed by atoms with Gasteiger partial charge in [-0.05, 0) is 24.8 Å². The predicted octanol–water partition coefficient (Wildman–Crippen LogP) is 2.31. The van der Waals surface area contributed by atoms with Crippen molar-refractivity contribution in [3.8, 4) is 0 Å². The molecule has 98 valence electrons. The normalized spacial score (nSPS) is 14.4. The summed E-state index contributed by atoms with van der Waals surface area (Å²) in [7, 11) is 1.80. The van der Waals surface area contributed by atoms with Gasteiger partial charge in [-0.2, -0.15) is 4.98 Å². The third-order valence-electron chi connectivity index (χ3n) is 3.10. The third kappa shape index (κ3) is 2.39. The van der Waals surface area contributed by atoms with Crippen LogP contribution >= 0.6 is 11.3 Å². The molecule has 0 aliphatic heterocycles. The van der Waals surface area contributed by atoms with Gasteiger partial charge in [0.2, 0.25) is 5.95 Å². The molecule has 0 saturated carbocycles. The van der Waals surface area contributed by atoms with Crippen molar-refractivity contribution in [2.75, 3.05) is 24.3 Å². The SMILES string of the molecule is CCC(C)(CO)Nc1nc(NC)nc2sccc12. The van der Waals surface area contributed by atoms with Gasteiger partial charge >= 0.3 is 0 Å². The molecule has 1 unspecified atom stereocenters. The molecule has 2 rings (SSSR count). The van der Waals surface area contributed by atoms with Crippen molar-refractivity contribution in [3.63, 3.8) is 0 Å². The first-order chi connectivity index (χ1) is 8.61. The summed E-state index contributed by atoms with van der Waals surface area (Å²) < 4.78 is 0. The van der Waals surface area contributed by atoms with Crippen molar-refractivity contribution < 1.29 is 5.11 Å². The number of anilines is 2. The van der Waals surface area contributed by atoms with Crippen LogP contribution in [0.5, 0.6) is 0 Å². The topological polar surface area (TPSA) is 70.1 Å². The molecule has 2 aromatic heterocycles. The molecular formula is C12H18N4OS. The average Bonchev–Trinajstić information content (AvgIpc) is 2.86. The Hall–Kier alpha value is -1.40. The first-order valence-electron chi connectivity index (χ1n) is 5.94. The lowest BCUT2D eigenvalue weighted by molar-refractivity contribution is 0.218. The van der Waals surface area contributed by atoms with E-state index < -0.39 is 0 Å². The first kappa shape index (κ1) is 13.0. The van der Waals surface area contributed by atoms with E-state index in [9.17, 15) is 5.11 Å². The summed E-state index contributed by atoms with van der Waals surface area (Å²) in [5.41, 5.74) is -0.367. The summed E-state index contributed by atoms with van der Waals surface area (Å²) in [6, 6.07) is 2.00. The van der Waals surface area contributed by atoms with Crippen LogP contribution in [0.2, 0.25) is 0 Å². The highest BCUT2D eigenvalue weighted by molar-refractivity contribution is 7.16. The Bertz CT molecular complexity index is 536. The molecule has 6 heteroatoms. The zero-order chi connectivity index (χ0) is 13.2. The van der Waals surface area contributed by atoms with Gasteiger partial charge in [0.1, 0.15) is 10.6 Å². The van der Waals surface area contributed by atoms with Gasteiger partial charge in [0, 0.05) is 7.05 Å². The molecule has 0 saturated heterocycles. The number of aliphatic hydroxyl groups is 1.